The average molecular weight is 272 g/mol. The fourth-order valence-corrected chi connectivity index (χ4v) is 2.11. The van der Waals surface area contributed by atoms with Gasteiger partial charge in [0.25, 0.3) is 0 Å². The van der Waals surface area contributed by atoms with Crippen molar-refractivity contribution in [2.75, 3.05) is 13.7 Å². The molecule has 0 unspecified atom stereocenters. The van der Waals surface area contributed by atoms with E-state index in [4.69, 9.17) is 9.47 Å². The Hall–Kier alpha value is -2.00. The lowest BCUT2D eigenvalue weighted by molar-refractivity contribution is 0.263. The maximum Gasteiger partial charge on any atom is 0.127 e. The third-order valence-corrected chi connectivity index (χ3v) is 3.26. The second kappa shape index (κ2) is 6.96. The average Bonchev–Trinajstić information content (AvgIpc) is 2.49. The number of aliphatic hydroxyl groups is 1. The molecule has 20 heavy (non-hydrogen) atoms. The normalized spacial score (nSPS) is 10.3. The zero-order valence-electron chi connectivity index (χ0n) is 11.9. The largest absolute Gasteiger partial charge is 0.497 e. The molecule has 0 aromatic heterocycles. The smallest absolute Gasteiger partial charge is 0.127 e. The molecule has 0 heterocycles. The summed E-state index contributed by atoms with van der Waals surface area (Å²) >= 11 is 0. The van der Waals surface area contributed by atoms with Crippen molar-refractivity contribution in [2.45, 2.75) is 20.0 Å². The second-order valence-electron chi connectivity index (χ2n) is 4.67. The quantitative estimate of drug-likeness (QED) is 0.878. The van der Waals surface area contributed by atoms with E-state index in [9.17, 15) is 5.11 Å². The van der Waals surface area contributed by atoms with Gasteiger partial charge in [0.2, 0.25) is 0 Å². The van der Waals surface area contributed by atoms with Crippen molar-refractivity contribution in [3.8, 4) is 11.5 Å². The molecule has 3 heteroatoms. The summed E-state index contributed by atoms with van der Waals surface area (Å²) < 4.78 is 11.0. The minimum atomic E-state index is -0.000447. The summed E-state index contributed by atoms with van der Waals surface area (Å²) in [5.74, 6) is 1.65. The zero-order chi connectivity index (χ0) is 14.4. The van der Waals surface area contributed by atoms with Gasteiger partial charge in [0, 0.05) is 12.0 Å². The Bertz CT molecular complexity index is 547. The van der Waals surface area contributed by atoms with E-state index in [-0.39, 0.29) is 6.61 Å². The molecule has 0 bridgehead atoms. The molecule has 2 rings (SSSR count). The van der Waals surface area contributed by atoms with E-state index in [2.05, 4.69) is 0 Å². The van der Waals surface area contributed by atoms with E-state index in [1.165, 1.54) is 5.56 Å². The lowest BCUT2D eigenvalue weighted by Gasteiger charge is -2.13. The Labute approximate surface area is 119 Å². The first kappa shape index (κ1) is 14.4. The van der Waals surface area contributed by atoms with E-state index in [0.29, 0.717) is 6.61 Å². The van der Waals surface area contributed by atoms with Gasteiger partial charge < -0.3 is 14.6 Å². The number of aliphatic hydroxyl groups excluding tert-OH is 1. The summed E-state index contributed by atoms with van der Waals surface area (Å²) in [5, 5.41) is 9.32. The lowest BCUT2D eigenvalue weighted by atomic mass is 10.1. The molecule has 0 aliphatic rings. The van der Waals surface area contributed by atoms with Crippen molar-refractivity contribution in [1.29, 1.82) is 0 Å². The molecule has 106 valence electrons. The van der Waals surface area contributed by atoms with Gasteiger partial charge in [-0.05, 0) is 30.2 Å². The number of hydrogen-bond donors (Lipinski definition) is 1. The predicted molar refractivity (Wildman–Crippen MR) is 79.3 cm³/mol. The van der Waals surface area contributed by atoms with Gasteiger partial charge in [0.1, 0.15) is 11.5 Å². The zero-order valence-corrected chi connectivity index (χ0v) is 11.9. The number of ether oxygens (including phenoxy) is 2. The van der Waals surface area contributed by atoms with Crippen molar-refractivity contribution in [1.82, 2.24) is 0 Å². The van der Waals surface area contributed by atoms with Gasteiger partial charge in [0.05, 0.1) is 20.3 Å². The highest BCUT2D eigenvalue weighted by Gasteiger charge is 2.06. The molecule has 0 atom stereocenters. The van der Waals surface area contributed by atoms with E-state index in [1.807, 2.05) is 49.4 Å². The van der Waals surface area contributed by atoms with Gasteiger partial charge in [-0.3, -0.25) is 0 Å². The first-order chi connectivity index (χ1) is 9.74. The minimum absolute atomic E-state index is 0.000447. The molecule has 2 aromatic carbocycles. The standard InChI is InChI=1S/C17H20O3/c1-13-4-3-5-15(12-18)17(13)20-11-10-14-6-8-16(19-2)9-7-14/h3-9,18H,10-12H2,1-2H3. The van der Waals surface area contributed by atoms with Crippen LogP contribution in [0.4, 0.5) is 0 Å². The van der Waals surface area contributed by atoms with Crippen molar-refractivity contribution >= 4 is 0 Å². The van der Waals surface area contributed by atoms with Gasteiger partial charge in [-0.25, -0.2) is 0 Å². The SMILES string of the molecule is COc1ccc(CCOc2c(C)cccc2CO)cc1. The van der Waals surface area contributed by atoms with Crippen LogP contribution >= 0.6 is 0 Å². The molecular formula is C17H20O3. The van der Waals surface area contributed by atoms with Crippen molar-refractivity contribution in [3.63, 3.8) is 0 Å². The maximum absolute atomic E-state index is 9.32. The van der Waals surface area contributed by atoms with Gasteiger partial charge in [-0.1, -0.05) is 30.3 Å². The van der Waals surface area contributed by atoms with Gasteiger partial charge in [-0.15, -0.1) is 0 Å². The number of para-hydroxylation sites is 1. The topological polar surface area (TPSA) is 38.7 Å². The number of aryl methyl sites for hydroxylation is 1. The van der Waals surface area contributed by atoms with Gasteiger partial charge >= 0.3 is 0 Å². The van der Waals surface area contributed by atoms with E-state index in [0.717, 1.165) is 29.0 Å². The summed E-state index contributed by atoms with van der Waals surface area (Å²) in [6.45, 7) is 2.58. The molecule has 0 radical (unpaired) electrons. The van der Waals surface area contributed by atoms with Crippen LogP contribution in [0.3, 0.4) is 0 Å². The van der Waals surface area contributed by atoms with Crippen LogP contribution in [0.15, 0.2) is 42.5 Å². The van der Waals surface area contributed by atoms with Crippen LogP contribution in [-0.4, -0.2) is 18.8 Å². The predicted octanol–water partition coefficient (Wildman–Crippen LogP) is 3.12. The molecule has 0 aliphatic carbocycles. The van der Waals surface area contributed by atoms with Crippen LogP contribution in [0.1, 0.15) is 16.7 Å². The Kier molecular flexibility index (Phi) is 5.02. The first-order valence-electron chi connectivity index (χ1n) is 6.69. The van der Waals surface area contributed by atoms with E-state index in [1.54, 1.807) is 7.11 Å². The molecule has 2 aromatic rings. The van der Waals surface area contributed by atoms with Crippen LogP contribution in [0, 0.1) is 6.92 Å². The van der Waals surface area contributed by atoms with E-state index < -0.39 is 0 Å². The Morgan fingerprint density at radius 1 is 1.05 bits per heavy atom. The highest BCUT2D eigenvalue weighted by molar-refractivity contribution is 5.40. The number of rotatable bonds is 6. The van der Waals surface area contributed by atoms with Crippen LogP contribution in [0.2, 0.25) is 0 Å². The molecule has 1 N–H and O–H groups in total. The molecule has 0 saturated carbocycles. The fourth-order valence-electron chi connectivity index (χ4n) is 2.11. The molecule has 3 nitrogen and oxygen atoms in total. The Morgan fingerprint density at radius 3 is 2.45 bits per heavy atom. The first-order valence-corrected chi connectivity index (χ1v) is 6.69. The number of benzene rings is 2. The molecular weight excluding hydrogens is 252 g/mol. The van der Waals surface area contributed by atoms with Crippen LogP contribution in [0.25, 0.3) is 0 Å². The molecule has 0 fully saturated rings. The van der Waals surface area contributed by atoms with Crippen molar-refractivity contribution in [2.24, 2.45) is 0 Å². The second-order valence-corrected chi connectivity index (χ2v) is 4.67. The summed E-state index contributed by atoms with van der Waals surface area (Å²) in [6.07, 6.45) is 0.823. The molecule has 0 spiro atoms. The third kappa shape index (κ3) is 3.52. The lowest BCUT2D eigenvalue weighted by Crippen LogP contribution is -2.05. The number of methoxy groups -OCH3 is 1. The molecule has 0 saturated heterocycles. The Morgan fingerprint density at radius 2 is 1.80 bits per heavy atom. The van der Waals surface area contributed by atoms with Gasteiger partial charge in [-0.2, -0.15) is 0 Å². The highest BCUT2D eigenvalue weighted by atomic mass is 16.5. The van der Waals surface area contributed by atoms with Crippen LogP contribution in [-0.2, 0) is 13.0 Å². The monoisotopic (exact) mass is 272 g/mol. The summed E-state index contributed by atoms with van der Waals surface area (Å²) in [7, 11) is 1.66. The fraction of sp³-hybridized carbons (Fsp3) is 0.294. The summed E-state index contributed by atoms with van der Waals surface area (Å²) in [4.78, 5) is 0. The third-order valence-electron chi connectivity index (χ3n) is 3.26. The van der Waals surface area contributed by atoms with Crippen LogP contribution in [0.5, 0.6) is 11.5 Å². The summed E-state index contributed by atoms with van der Waals surface area (Å²) in [6, 6.07) is 13.8. The van der Waals surface area contributed by atoms with E-state index >= 15 is 0 Å². The maximum atomic E-state index is 9.32. The minimum Gasteiger partial charge on any atom is -0.497 e. The molecule has 0 amide bonds. The Balaban J connectivity index is 1.95. The molecule has 0 aliphatic heterocycles. The van der Waals surface area contributed by atoms with Gasteiger partial charge in [0.15, 0.2) is 0 Å². The van der Waals surface area contributed by atoms with Crippen LogP contribution < -0.4 is 9.47 Å². The van der Waals surface area contributed by atoms with Crippen molar-refractivity contribution in [3.05, 3.63) is 59.2 Å². The van der Waals surface area contributed by atoms with Crippen molar-refractivity contribution < 1.29 is 14.6 Å². The number of hydrogen-bond acceptors (Lipinski definition) is 3. The summed E-state index contributed by atoms with van der Waals surface area (Å²) in [5.41, 5.74) is 3.08. The highest BCUT2D eigenvalue weighted by Crippen LogP contribution is 2.23.